The van der Waals surface area contributed by atoms with E-state index >= 15 is 0 Å². The lowest BCUT2D eigenvalue weighted by molar-refractivity contribution is -0.384. The second-order valence-electron chi connectivity index (χ2n) is 5.21. The van der Waals surface area contributed by atoms with Gasteiger partial charge in [-0.2, -0.15) is 0 Å². The number of methoxy groups -OCH3 is 1. The van der Waals surface area contributed by atoms with Gasteiger partial charge in [0.2, 0.25) is 0 Å². The molecule has 0 aliphatic carbocycles. The number of carbonyl (C=O) groups is 1. The van der Waals surface area contributed by atoms with Gasteiger partial charge < -0.3 is 14.8 Å². The first kappa shape index (κ1) is 17.3. The molecule has 0 unspecified atom stereocenters. The van der Waals surface area contributed by atoms with Crippen molar-refractivity contribution >= 4 is 17.3 Å². The molecule has 0 bridgehead atoms. The van der Waals surface area contributed by atoms with Crippen LogP contribution in [0.2, 0.25) is 0 Å². The molecule has 0 spiro atoms. The van der Waals surface area contributed by atoms with Crippen molar-refractivity contribution in [3.8, 4) is 11.5 Å². The van der Waals surface area contributed by atoms with Crippen molar-refractivity contribution in [1.82, 2.24) is 0 Å². The Balaban J connectivity index is 2.13. The average Bonchev–Trinajstić information content (AvgIpc) is 2.54. The first-order valence-corrected chi connectivity index (χ1v) is 7.27. The normalized spacial score (nSPS) is 11.5. The molecule has 0 aliphatic heterocycles. The van der Waals surface area contributed by atoms with Gasteiger partial charge in [-0.1, -0.05) is 12.1 Å². The van der Waals surface area contributed by atoms with Crippen molar-refractivity contribution in [2.75, 3.05) is 12.4 Å². The molecule has 0 saturated heterocycles. The fourth-order valence-corrected chi connectivity index (χ4v) is 2.09. The molecule has 0 radical (unpaired) electrons. The Hall–Kier alpha value is -3.09. The van der Waals surface area contributed by atoms with E-state index in [1.54, 1.807) is 13.0 Å². The van der Waals surface area contributed by atoms with Gasteiger partial charge >= 0.3 is 0 Å². The summed E-state index contributed by atoms with van der Waals surface area (Å²) in [4.78, 5) is 22.6. The third-order valence-corrected chi connectivity index (χ3v) is 3.32. The predicted octanol–water partition coefficient (Wildman–Crippen LogP) is 3.32. The van der Waals surface area contributed by atoms with Crippen LogP contribution in [0, 0.1) is 17.0 Å². The molecule has 0 heterocycles. The fourth-order valence-electron chi connectivity index (χ4n) is 2.09. The smallest absolute Gasteiger partial charge is 0.271 e. The summed E-state index contributed by atoms with van der Waals surface area (Å²) in [5.74, 6) is 0.468. The van der Waals surface area contributed by atoms with Crippen molar-refractivity contribution in [2.24, 2.45) is 0 Å². The van der Waals surface area contributed by atoms with Crippen molar-refractivity contribution in [3.63, 3.8) is 0 Å². The van der Waals surface area contributed by atoms with E-state index in [4.69, 9.17) is 9.47 Å². The molecule has 0 fully saturated rings. The molecule has 1 N–H and O–H groups in total. The van der Waals surface area contributed by atoms with E-state index < -0.39 is 16.9 Å². The van der Waals surface area contributed by atoms with Crippen molar-refractivity contribution in [1.29, 1.82) is 0 Å². The molecule has 1 atom stereocenters. The number of nitrogens with zero attached hydrogens (tertiary/aromatic N) is 1. The quantitative estimate of drug-likeness (QED) is 0.648. The number of rotatable bonds is 6. The number of non-ortho nitro benzene ring substituents is 1. The summed E-state index contributed by atoms with van der Waals surface area (Å²) in [6.07, 6.45) is -0.782. The Labute approximate surface area is 139 Å². The highest BCUT2D eigenvalue weighted by Crippen LogP contribution is 2.29. The van der Waals surface area contributed by atoms with Crippen LogP contribution in [-0.4, -0.2) is 24.0 Å². The first-order chi connectivity index (χ1) is 11.4. The second kappa shape index (κ2) is 7.45. The van der Waals surface area contributed by atoms with Gasteiger partial charge in [-0.25, -0.2) is 0 Å². The number of aryl methyl sites for hydroxylation is 1. The van der Waals surface area contributed by atoms with Crippen LogP contribution < -0.4 is 14.8 Å². The maximum atomic E-state index is 12.3. The first-order valence-electron chi connectivity index (χ1n) is 7.27. The number of nitro groups is 1. The molecule has 7 heteroatoms. The van der Waals surface area contributed by atoms with Crippen LogP contribution in [0.25, 0.3) is 0 Å². The average molecular weight is 330 g/mol. The summed E-state index contributed by atoms with van der Waals surface area (Å²) in [7, 11) is 1.42. The summed E-state index contributed by atoms with van der Waals surface area (Å²) in [5.41, 5.74) is 1.09. The maximum absolute atomic E-state index is 12.3. The Kier molecular flexibility index (Phi) is 5.36. The van der Waals surface area contributed by atoms with Crippen molar-refractivity contribution in [2.45, 2.75) is 20.0 Å². The van der Waals surface area contributed by atoms with Gasteiger partial charge in [-0.3, -0.25) is 14.9 Å². The predicted molar refractivity (Wildman–Crippen MR) is 89.5 cm³/mol. The molecule has 2 rings (SSSR count). The van der Waals surface area contributed by atoms with Gasteiger partial charge in [0, 0.05) is 12.1 Å². The summed E-state index contributed by atoms with van der Waals surface area (Å²) < 4.78 is 10.7. The topological polar surface area (TPSA) is 90.7 Å². The summed E-state index contributed by atoms with van der Waals surface area (Å²) in [5, 5.41) is 13.5. The van der Waals surface area contributed by atoms with Crippen molar-refractivity contribution in [3.05, 3.63) is 58.1 Å². The Morgan fingerprint density at radius 2 is 2.00 bits per heavy atom. The lowest BCUT2D eigenvalue weighted by Crippen LogP contribution is -2.30. The van der Waals surface area contributed by atoms with Crippen LogP contribution in [-0.2, 0) is 4.79 Å². The number of amides is 1. The minimum absolute atomic E-state index is 0.140. The van der Waals surface area contributed by atoms with Crippen LogP contribution in [0.15, 0.2) is 42.5 Å². The monoisotopic (exact) mass is 330 g/mol. The van der Waals surface area contributed by atoms with E-state index in [-0.39, 0.29) is 11.4 Å². The number of hydrogen-bond acceptors (Lipinski definition) is 5. The number of benzene rings is 2. The van der Waals surface area contributed by atoms with Crippen LogP contribution in [0.1, 0.15) is 12.5 Å². The van der Waals surface area contributed by atoms with Gasteiger partial charge in [0.1, 0.15) is 11.5 Å². The number of anilines is 1. The summed E-state index contributed by atoms with van der Waals surface area (Å²) >= 11 is 0. The van der Waals surface area contributed by atoms with E-state index in [1.165, 1.54) is 25.3 Å². The highest BCUT2D eigenvalue weighted by atomic mass is 16.6. The zero-order chi connectivity index (χ0) is 17.7. The van der Waals surface area contributed by atoms with E-state index in [0.717, 1.165) is 5.56 Å². The Morgan fingerprint density at radius 1 is 1.25 bits per heavy atom. The third kappa shape index (κ3) is 4.22. The Morgan fingerprint density at radius 3 is 2.62 bits per heavy atom. The SMILES string of the molecule is COc1ccc([N+](=O)[O-])cc1NC(=O)[C@H](C)Oc1cccc(C)c1. The zero-order valence-electron chi connectivity index (χ0n) is 13.6. The van der Waals surface area contributed by atoms with Crippen LogP contribution in [0.3, 0.4) is 0 Å². The number of nitrogens with one attached hydrogen (secondary N) is 1. The van der Waals surface area contributed by atoms with E-state index in [1.807, 2.05) is 25.1 Å². The molecule has 2 aromatic rings. The minimum atomic E-state index is -0.782. The van der Waals surface area contributed by atoms with Gasteiger partial charge in [0.15, 0.2) is 6.10 Å². The number of carbonyl (C=O) groups excluding carboxylic acids is 1. The summed E-state index contributed by atoms with van der Waals surface area (Å²) in [6, 6.07) is 11.3. The highest BCUT2D eigenvalue weighted by molar-refractivity contribution is 5.95. The standard InChI is InChI=1S/C17H18N2O5/c1-11-5-4-6-14(9-11)24-12(2)17(20)18-15-10-13(19(21)22)7-8-16(15)23-3/h4-10,12H,1-3H3,(H,18,20)/t12-/m0/s1. The molecule has 0 aliphatic rings. The molecule has 1 amide bonds. The molecule has 0 aromatic heterocycles. The van der Waals surface area contributed by atoms with Crippen LogP contribution >= 0.6 is 0 Å². The van der Waals surface area contributed by atoms with Gasteiger partial charge in [-0.05, 0) is 37.6 Å². The third-order valence-electron chi connectivity index (χ3n) is 3.32. The Bertz CT molecular complexity index is 760. The van der Waals surface area contributed by atoms with E-state index in [9.17, 15) is 14.9 Å². The minimum Gasteiger partial charge on any atom is -0.495 e. The van der Waals surface area contributed by atoms with Crippen LogP contribution in [0.4, 0.5) is 11.4 Å². The van der Waals surface area contributed by atoms with E-state index in [0.29, 0.717) is 11.5 Å². The molecule has 7 nitrogen and oxygen atoms in total. The highest BCUT2D eigenvalue weighted by Gasteiger charge is 2.19. The second-order valence-corrected chi connectivity index (χ2v) is 5.21. The molecule has 2 aromatic carbocycles. The lowest BCUT2D eigenvalue weighted by atomic mass is 10.2. The summed E-state index contributed by atoms with van der Waals surface area (Å²) in [6.45, 7) is 3.52. The lowest BCUT2D eigenvalue weighted by Gasteiger charge is -2.16. The molecular formula is C17H18N2O5. The maximum Gasteiger partial charge on any atom is 0.271 e. The largest absolute Gasteiger partial charge is 0.495 e. The molecular weight excluding hydrogens is 312 g/mol. The molecule has 126 valence electrons. The zero-order valence-corrected chi connectivity index (χ0v) is 13.6. The van der Waals surface area contributed by atoms with Gasteiger partial charge in [-0.15, -0.1) is 0 Å². The van der Waals surface area contributed by atoms with Gasteiger partial charge in [0.05, 0.1) is 17.7 Å². The van der Waals surface area contributed by atoms with Crippen molar-refractivity contribution < 1.29 is 19.2 Å². The molecule has 0 saturated carbocycles. The van der Waals surface area contributed by atoms with Crippen LogP contribution in [0.5, 0.6) is 11.5 Å². The molecule has 24 heavy (non-hydrogen) atoms. The van der Waals surface area contributed by atoms with Gasteiger partial charge in [0.25, 0.3) is 11.6 Å². The number of hydrogen-bond donors (Lipinski definition) is 1. The number of nitro benzene ring substituents is 1. The number of ether oxygens (including phenoxy) is 2. The fraction of sp³-hybridized carbons (Fsp3) is 0.235. The van der Waals surface area contributed by atoms with E-state index in [2.05, 4.69) is 5.32 Å².